The quantitative estimate of drug-likeness (QED) is 0.681. The van der Waals surface area contributed by atoms with Crippen LogP contribution in [0.4, 0.5) is 17.6 Å². The van der Waals surface area contributed by atoms with Crippen molar-refractivity contribution in [3.05, 3.63) is 60.6 Å². The lowest BCUT2D eigenvalue weighted by Gasteiger charge is -2.10. The third kappa shape index (κ3) is 2.80. The van der Waals surface area contributed by atoms with Crippen LogP contribution in [0.15, 0.2) is 49.1 Å². The summed E-state index contributed by atoms with van der Waals surface area (Å²) in [6.07, 6.45) is -0.484. The summed E-state index contributed by atoms with van der Waals surface area (Å²) >= 11 is 0. The summed E-state index contributed by atoms with van der Waals surface area (Å²) in [6.45, 7) is 0. The van der Waals surface area contributed by atoms with Crippen LogP contribution in [0, 0.1) is 5.82 Å². The summed E-state index contributed by atoms with van der Waals surface area (Å²) in [7, 11) is 0. The Kier molecular flexibility index (Phi) is 3.36. The standard InChI is InChI=1S/C14H8F4N4/c15-10-3-1-9(2-4-10)11-7-12(14(16,17)18)21-13(20-11)22-6-5-19-8-22/h1-8H. The van der Waals surface area contributed by atoms with Gasteiger partial charge in [0.05, 0.1) is 5.69 Å². The maximum absolute atomic E-state index is 13.0. The first kappa shape index (κ1) is 14.2. The number of nitrogens with zero attached hydrogens (tertiary/aromatic N) is 4. The Morgan fingerprint density at radius 2 is 1.73 bits per heavy atom. The fourth-order valence-electron chi connectivity index (χ4n) is 1.84. The van der Waals surface area contributed by atoms with Crippen molar-refractivity contribution < 1.29 is 17.6 Å². The molecule has 0 saturated carbocycles. The molecule has 1 aromatic carbocycles. The summed E-state index contributed by atoms with van der Waals surface area (Å²) < 4.78 is 53.2. The summed E-state index contributed by atoms with van der Waals surface area (Å²) in [5.41, 5.74) is -0.674. The second-order valence-electron chi connectivity index (χ2n) is 4.41. The molecule has 0 bridgehead atoms. The normalized spacial score (nSPS) is 11.6. The molecule has 0 atom stereocenters. The Hall–Kier alpha value is -2.77. The molecule has 4 nitrogen and oxygen atoms in total. The topological polar surface area (TPSA) is 43.6 Å². The highest BCUT2D eigenvalue weighted by Crippen LogP contribution is 2.30. The molecule has 0 aliphatic heterocycles. The van der Waals surface area contributed by atoms with E-state index >= 15 is 0 Å². The van der Waals surface area contributed by atoms with E-state index in [1.807, 2.05) is 0 Å². The third-order valence-electron chi connectivity index (χ3n) is 2.88. The second-order valence-corrected chi connectivity index (χ2v) is 4.41. The van der Waals surface area contributed by atoms with Crippen molar-refractivity contribution in [2.75, 3.05) is 0 Å². The van der Waals surface area contributed by atoms with Crippen molar-refractivity contribution in [3.8, 4) is 17.2 Å². The van der Waals surface area contributed by atoms with Crippen LogP contribution in [-0.4, -0.2) is 19.5 Å². The van der Waals surface area contributed by atoms with Gasteiger partial charge in [0.15, 0.2) is 5.69 Å². The van der Waals surface area contributed by atoms with Crippen LogP contribution in [0.2, 0.25) is 0 Å². The van der Waals surface area contributed by atoms with Crippen LogP contribution in [-0.2, 0) is 6.18 Å². The van der Waals surface area contributed by atoms with Crippen LogP contribution >= 0.6 is 0 Å². The van der Waals surface area contributed by atoms with Gasteiger partial charge in [-0.2, -0.15) is 13.2 Å². The molecule has 3 rings (SSSR count). The molecule has 0 fully saturated rings. The molecular formula is C14H8F4N4. The van der Waals surface area contributed by atoms with E-state index in [4.69, 9.17) is 0 Å². The SMILES string of the molecule is Fc1ccc(-c2cc(C(F)(F)F)nc(-n3ccnc3)n2)cc1. The number of hydrogen-bond donors (Lipinski definition) is 0. The first-order valence-electron chi connectivity index (χ1n) is 6.14. The van der Waals surface area contributed by atoms with Crippen LogP contribution in [0.3, 0.4) is 0 Å². The van der Waals surface area contributed by atoms with E-state index in [0.717, 1.165) is 18.2 Å². The number of benzene rings is 1. The molecule has 0 aliphatic carbocycles. The maximum Gasteiger partial charge on any atom is 0.433 e. The zero-order valence-electron chi connectivity index (χ0n) is 10.9. The molecule has 2 heterocycles. The van der Waals surface area contributed by atoms with Gasteiger partial charge in [-0.1, -0.05) is 0 Å². The molecule has 0 saturated heterocycles. The average Bonchev–Trinajstić information content (AvgIpc) is 3.01. The monoisotopic (exact) mass is 308 g/mol. The summed E-state index contributed by atoms with van der Waals surface area (Å²) in [5, 5.41) is 0. The van der Waals surface area contributed by atoms with Gasteiger partial charge < -0.3 is 0 Å². The van der Waals surface area contributed by atoms with Crippen molar-refractivity contribution in [2.45, 2.75) is 6.18 Å². The number of aromatic nitrogens is 4. The highest BCUT2D eigenvalue weighted by atomic mass is 19.4. The van der Waals surface area contributed by atoms with Gasteiger partial charge in [0, 0.05) is 18.0 Å². The van der Waals surface area contributed by atoms with Gasteiger partial charge in [-0.15, -0.1) is 0 Å². The predicted octanol–water partition coefficient (Wildman–Crippen LogP) is 3.49. The van der Waals surface area contributed by atoms with Gasteiger partial charge in [0.25, 0.3) is 0 Å². The lowest BCUT2D eigenvalue weighted by atomic mass is 10.1. The molecule has 8 heteroatoms. The highest BCUT2D eigenvalue weighted by molar-refractivity contribution is 5.60. The minimum absolute atomic E-state index is 0.0472. The van der Waals surface area contributed by atoms with Gasteiger partial charge in [0.1, 0.15) is 12.1 Å². The summed E-state index contributed by atoms with van der Waals surface area (Å²) in [6, 6.07) is 5.85. The second kappa shape index (κ2) is 5.21. The minimum atomic E-state index is -4.62. The van der Waals surface area contributed by atoms with Gasteiger partial charge in [-0.3, -0.25) is 4.57 Å². The molecule has 3 aromatic rings. The van der Waals surface area contributed by atoms with E-state index in [1.54, 1.807) is 0 Å². The zero-order chi connectivity index (χ0) is 15.7. The lowest BCUT2D eigenvalue weighted by Crippen LogP contribution is -2.12. The Morgan fingerprint density at radius 3 is 2.32 bits per heavy atom. The van der Waals surface area contributed by atoms with Crippen molar-refractivity contribution in [3.63, 3.8) is 0 Å². The van der Waals surface area contributed by atoms with E-state index in [9.17, 15) is 17.6 Å². The average molecular weight is 308 g/mol. The highest BCUT2D eigenvalue weighted by Gasteiger charge is 2.34. The van der Waals surface area contributed by atoms with Crippen molar-refractivity contribution in [2.24, 2.45) is 0 Å². The number of hydrogen-bond acceptors (Lipinski definition) is 3. The van der Waals surface area contributed by atoms with E-state index in [0.29, 0.717) is 5.56 Å². The molecule has 2 aromatic heterocycles. The molecule has 0 N–H and O–H groups in total. The lowest BCUT2D eigenvalue weighted by molar-refractivity contribution is -0.141. The van der Waals surface area contributed by atoms with E-state index in [2.05, 4.69) is 15.0 Å². The molecule has 112 valence electrons. The predicted molar refractivity (Wildman–Crippen MR) is 69.6 cm³/mol. The minimum Gasteiger partial charge on any atom is -0.274 e. The van der Waals surface area contributed by atoms with Gasteiger partial charge >= 0.3 is 6.18 Å². The Balaban J connectivity index is 2.17. The Labute approximate surface area is 122 Å². The van der Waals surface area contributed by atoms with Gasteiger partial charge in [-0.25, -0.2) is 19.3 Å². The van der Waals surface area contributed by atoms with Crippen LogP contribution in [0.5, 0.6) is 0 Å². The fourth-order valence-corrected chi connectivity index (χ4v) is 1.84. The number of imidazole rings is 1. The van der Waals surface area contributed by atoms with Gasteiger partial charge in [0.2, 0.25) is 5.95 Å². The van der Waals surface area contributed by atoms with Crippen molar-refractivity contribution >= 4 is 0 Å². The summed E-state index contributed by atoms with van der Waals surface area (Å²) in [4.78, 5) is 11.3. The zero-order valence-corrected chi connectivity index (χ0v) is 10.9. The number of rotatable bonds is 2. The number of halogens is 4. The Morgan fingerprint density at radius 1 is 1.00 bits per heavy atom. The molecule has 0 spiro atoms. The molecular weight excluding hydrogens is 300 g/mol. The van der Waals surface area contributed by atoms with E-state index in [-0.39, 0.29) is 11.6 Å². The molecule has 0 radical (unpaired) electrons. The number of alkyl halides is 3. The Bertz CT molecular complexity index is 780. The fraction of sp³-hybridized carbons (Fsp3) is 0.0714. The first-order chi connectivity index (χ1) is 10.4. The van der Waals surface area contributed by atoms with Crippen molar-refractivity contribution in [1.82, 2.24) is 19.5 Å². The third-order valence-corrected chi connectivity index (χ3v) is 2.88. The first-order valence-corrected chi connectivity index (χ1v) is 6.14. The molecule has 0 unspecified atom stereocenters. The molecule has 0 aliphatic rings. The van der Waals surface area contributed by atoms with Crippen LogP contribution in [0.25, 0.3) is 17.2 Å². The van der Waals surface area contributed by atoms with Crippen LogP contribution in [0.1, 0.15) is 5.69 Å². The summed E-state index contributed by atoms with van der Waals surface area (Å²) in [5.74, 6) is -0.643. The molecule has 22 heavy (non-hydrogen) atoms. The van der Waals surface area contributed by atoms with Crippen molar-refractivity contribution in [1.29, 1.82) is 0 Å². The van der Waals surface area contributed by atoms with E-state index in [1.165, 1.54) is 35.4 Å². The molecule has 0 amide bonds. The van der Waals surface area contributed by atoms with E-state index < -0.39 is 17.7 Å². The largest absolute Gasteiger partial charge is 0.433 e. The van der Waals surface area contributed by atoms with Gasteiger partial charge in [-0.05, 0) is 30.3 Å². The smallest absolute Gasteiger partial charge is 0.274 e. The maximum atomic E-state index is 13.0. The van der Waals surface area contributed by atoms with Crippen LogP contribution < -0.4 is 0 Å².